The molecule has 19 heavy (non-hydrogen) atoms. The molecule has 0 atom stereocenters. The minimum absolute atomic E-state index is 0.469. The van der Waals surface area contributed by atoms with E-state index in [2.05, 4.69) is 30.0 Å². The van der Waals surface area contributed by atoms with Crippen molar-refractivity contribution < 1.29 is 4.42 Å². The fraction of sp³-hybridized carbons (Fsp3) is 0.375. The fourth-order valence-corrected chi connectivity index (χ4v) is 2.86. The summed E-state index contributed by atoms with van der Waals surface area (Å²) in [7, 11) is 0. The average molecular weight is 256 g/mol. The Hall–Kier alpha value is -1.74. The molecule has 3 nitrogen and oxygen atoms in total. The maximum Gasteiger partial charge on any atom is 0.122 e. The molecule has 0 spiro atoms. The number of hydrogen-bond donors (Lipinski definition) is 1. The molecule has 0 aliphatic carbocycles. The summed E-state index contributed by atoms with van der Waals surface area (Å²) in [4.78, 5) is 2.43. The van der Waals surface area contributed by atoms with Gasteiger partial charge in [0.25, 0.3) is 0 Å². The molecule has 1 aliphatic rings. The van der Waals surface area contributed by atoms with Gasteiger partial charge in [-0.25, -0.2) is 0 Å². The summed E-state index contributed by atoms with van der Waals surface area (Å²) in [6.45, 7) is 4.61. The lowest BCUT2D eigenvalue weighted by Crippen LogP contribution is -2.29. The fourth-order valence-electron chi connectivity index (χ4n) is 2.86. The number of fused-ring (bicyclic) bond motifs is 1. The van der Waals surface area contributed by atoms with E-state index >= 15 is 0 Å². The first-order valence-electron chi connectivity index (χ1n) is 6.87. The number of aryl methyl sites for hydroxylation is 2. The Morgan fingerprint density at radius 3 is 3.05 bits per heavy atom. The molecule has 1 aromatic carbocycles. The Bertz CT molecular complexity index is 574. The van der Waals surface area contributed by atoms with Crippen molar-refractivity contribution in [3.63, 3.8) is 0 Å². The minimum atomic E-state index is 0.469. The monoisotopic (exact) mass is 256 g/mol. The molecule has 100 valence electrons. The zero-order valence-electron chi connectivity index (χ0n) is 11.4. The quantitative estimate of drug-likeness (QED) is 0.918. The van der Waals surface area contributed by atoms with Crippen LogP contribution in [0.15, 0.2) is 34.9 Å². The summed E-state index contributed by atoms with van der Waals surface area (Å²) in [6, 6.07) is 8.77. The van der Waals surface area contributed by atoms with Gasteiger partial charge in [-0.3, -0.25) is 0 Å². The lowest BCUT2D eigenvalue weighted by Gasteiger charge is -2.31. The summed E-state index contributed by atoms with van der Waals surface area (Å²) in [5, 5.41) is 0. The van der Waals surface area contributed by atoms with Crippen molar-refractivity contribution in [2.75, 3.05) is 11.4 Å². The van der Waals surface area contributed by atoms with E-state index in [9.17, 15) is 0 Å². The summed E-state index contributed by atoms with van der Waals surface area (Å²) in [5.74, 6) is 0.902. The van der Waals surface area contributed by atoms with E-state index in [0.717, 1.165) is 18.8 Å². The molecular formula is C16H20N2O. The maximum absolute atomic E-state index is 5.70. The summed E-state index contributed by atoms with van der Waals surface area (Å²) < 4.78 is 5.41. The van der Waals surface area contributed by atoms with Crippen molar-refractivity contribution >= 4 is 5.69 Å². The van der Waals surface area contributed by atoms with E-state index in [0.29, 0.717) is 6.54 Å². The zero-order valence-corrected chi connectivity index (χ0v) is 11.4. The molecule has 3 rings (SSSR count). The normalized spacial score (nSPS) is 14.5. The highest BCUT2D eigenvalue weighted by atomic mass is 16.3. The molecule has 0 bridgehead atoms. The molecule has 2 aromatic rings. The number of rotatable bonds is 3. The van der Waals surface area contributed by atoms with Crippen molar-refractivity contribution in [3.05, 3.63) is 53.0 Å². The first-order valence-corrected chi connectivity index (χ1v) is 6.87. The molecule has 2 heterocycles. The molecule has 1 aliphatic heterocycles. The van der Waals surface area contributed by atoms with Gasteiger partial charge in [0.1, 0.15) is 5.76 Å². The van der Waals surface area contributed by atoms with Crippen molar-refractivity contribution in [1.82, 2.24) is 0 Å². The van der Waals surface area contributed by atoms with E-state index in [1.165, 1.54) is 35.2 Å². The van der Waals surface area contributed by atoms with Gasteiger partial charge in [0.2, 0.25) is 0 Å². The van der Waals surface area contributed by atoms with E-state index in [1.807, 2.05) is 6.07 Å². The number of benzene rings is 1. The molecule has 0 unspecified atom stereocenters. The van der Waals surface area contributed by atoms with Crippen molar-refractivity contribution in [2.45, 2.75) is 32.9 Å². The molecule has 0 saturated carbocycles. The van der Waals surface area contributed by atoms with Crippen LogP contribution >= 0.6 is 0 Å². The van der Waals surface area contributed by atoms with Crippen LogP contribution in [0.1, 0.15) is 28.9 Å². The van der Waals surface area contributed by atoms with Crippen molar-refractivity contribution in [2.24, 2.45) is 5.73 Å². The highest BCUT2D eigenvalue weighted by molar-refractivity contribution is 5.57. The molecule has 0 radical (unpaired) electrons. The molecule has 3 heteroatoms. The largest absolute Gasteiger partial charge is 0.468 e. The third-order valence-corrected chi connectivity index (χ3v) is 3.83. The summed E-state index contributed by atoms with van der Waals surface area (Å²) in [5.41, 5.74) is 11.1. The first kappa shape index (κ1) is 12.3. The van der Waals surface area contributed by atoms with Crippen LogP contribution < -0.4 is 10.6 Å². The lowest BCUT2D eigenvalue weighted by molar-refractivity contribution is 0.506. The van der Waals surface area contributed by atoms with Crippen LogP contribution in [0.4, 0.5) is 5.69 Å². The number of hydrogen-bond acceptors (Lipinski definition) is 3. The van der Waals surface area contributed by atoms with Crippen LogP contribution in [0.2, 0.25) is 0 Å². The Morgan fingerprint density at radius 2 is 2.21 bits per heavy atom. The van der Waals surface area contributed by atoms with Crippen LogP contribution in [0.3, 0.4) is 0 Å². The van der Waals surface area contributed by atoms with E-state index < -0.39 is 0 Å². The number of anilines is 1. The molecular weight excluding hydrogens is 236 g/mol. The highest BCUT2D eigenvalue weighted by Crippen LogP contribution is 2.29. The smallest absolute Gasteiger partial charge is 0.122 e. The second-order valence-electron chi connectivity index (χ2n) is 5.23. The van der Waals surface area contributed by atoms with Crippen LogP contribution in [-0.4, -0.2) is 6.54 Å². The van der Waals surface area contributed by atoms with Crippen LogP contribution in [0.25, 0.3) is 0 Å². The second-order valence-corrected chi connectivity index (χ2v) is 5.23. The van der Waals surface area contributed by atoms with Gasteiger partial charge in [-0.1, -0.05) is 17.7 Å². The van der Waals surface area contributed by atoms with E-state index in [4.69, 9.17) is 10.2 Å². The number of nitrogens with two attached hydrogens (primary N) is 1. The Morgan fingerprint density at radius 1 is 1.32 bits per heavy atom. The summed E-state index contributed by atoms with van der Waals surface area (Å²) >= 11 is 0. The van der Waals surface area contributed by atoms with Crippen LogP contribution in [0, 0.1) is 6.92 Å². The van der Waals surface area contributed by atoms with Gasteiger partial charge in [0, 0.05) is 24.3 Å². The molecule has 0 amide bonds. The standard InChI is InChI=1S/C16H20N2O/c1-12-4-5-15-13(9-12)3-2-7-18(15)11-14-6-8-19-16(14)10-17/h4-6,8-9H,2-3,7,10-11,17H2,1H3. The van der Waals surface area contributed by atoms with Crippen molar-refractivity contribution in [3.8, 4) is 0 Å². The highest BCUT2D eigenvalue weighted by Gasteiger charge is 2.18. The predicted octanol–water partition coefficient (Wildman–Crippen LogP) is 3.00. The van der Waals surface area contributed by atoms with Crippen LogP contribution in [-0.2, 0) is 19.5 Å². The third kappa shape index (κ3) is 2.38. The van der Waals surface area contributed by atoms with Gasteiger partial charge in [-0.05, 0) is 37.5 Å². The Kier molecular flexibility index (Phi) is 3.30. The Labute approximate surface area is 114 Å². The van der Waals surface area contributed by atoms with E-state index in [1.54, 1.807) is 6.26 Å². The minimum Gasteiger partial charge on any atom is -0.468 e. The topological polar surface area (TPSA) is 42.4 Å². The van der Waals surface area contributed by atoms with Gasteiger partial charge in [0.15, 0.2) is 0 Å². The van der Waals surface area contributed by atoms with Gasteiger partial charge in [-0.2, -0.15) is 0 Å². The Balaban J connectivity index is 1.88. The lowest BCUT2D eigenvalue weighted by atomic mass is 9.99. The van der Waals surface area contributed by atoms with E-state index in [-0.39, 0.29) is 0 Å². The zero-order chi connectivity index (χ0) is 13.2. The van der Waals surface area contributed by atoms with Crippen LogP contribution in [0.5, 0.6) is 0 Å². The molecule has 0 fully saturated rings. The number of furan rings is 1. The molecule has 2 N–H and O–H groups in total. The molecule has 0 saturated heterocycles. The van der Waals surface area contributed by atoms with Gasteiger partial charge < -0.3 is 15.1 Å². The summed E-state index contributed by atoms with van der Waals surface area (Å²) in [6.07, 6.45) is 4.13. The third-order valence-electron chi connectivity index (χ3n) is 3.83. The maximum atomic E-state index is 5.70. The first-order chi connectivity index (χ1) is 9.28. The van der Waals surface area contributed by atoms with Crippen molar-refractivity contribution in [1.29, 1.82) is 0 Å². The second kappa shape index (κ2) is 5.10. The van der Waals surface area contributed by atoms with Gasteiger partial charge in [-0.15, -0.1) is 0 Å². The van der Waals surface area contributed by atoms with Gasteiger partial charge in [0.05, 0.1) is 12.8 Å². The molecule has 1 aromatic heterocycles. The van der Waals surface area contributed by atoms with Gasteiger partial charge >= 0.3 is 0 Å². The SMILES string of the molecule is Cc1ccc2c(c1)CCCN2Cc1ccoc1CN. The predicted molar refractivity (Wildman–Crippen MR) is 77.1 cm³/mol. The number of nitrogens with zero attached hydrogens (tertiary/aromatic N) is 1. The average Bonchev–Trinajstić information content (AvgIpc) is 2.86.